The van der Waals surface area contributed by atoms with Crippen molar-refractivity contribution in [2.24, 2.45) is 0 Å². The van der Waals surface area contributed by atoms with Crippen LogP contribution in [0.25, 0.3) is 66.3 Å². The second-order valence-electron chi connectivity index (χ2n) is 16.3. The van der Waals surface area contributed by atoms with Crippen molar-refractivity contribution >= 4 is 67.0 Å². The quantitative estimate of drug-likeness (QED) is 0.136. The second-order valence-corrected chi connectivity index (χ2v) is 16.3. The zero-order chi connectivity index (χ0) is 44.2. The molecule has 3 aromatic heterocycles. The maximum Gasteiger partial charge on any atom is 0.237 e. The van der Waals surface area contributed by atoms with E-state index in [1.165, 1.54) is 18.8 Å². The molecule has 0 fully saturated rings. The highest BCUT2D eigenvalue weighted by molar-refractivity contribution is 6.56. The molecule has 9 aromatic rings. The van der Waals surface area contributed by atoms with E-state index in [0.29, 0.717) is 84.0 Å². The summed E-state index contributed by atoms with van der Waals surface area (Å²) in [4.78, 5) is 74.8. The van der Waals surface area contributed by atoms with Crippen molar-refractivity contribution in [3.05, 3.63) is 177 Å². The summed E-state index contributed by atoms with van der Waals surface area (Å²) in [6, 6.07) is 28.9. The summed E-state index contributed by atoms with van der Waals surface area (Å²) in [7, 11) is 0. The molecule has 9 heteroatoms. The molecule has 6 aromatic carbocycles. The van der Waals surface area contributed by atoms with E-state index in [4.69, 9.17) is 13.3 Å². The molecule has 0 unspecified atom stereocenters. The number of Topliss-reactive ketones (excluding diaryl/α,β-unsaturated/α-hetero) is 6. The van der Waals surface area contributed by atoms with Gasteiger partial charge in [0.1, 0.15) is 17.3 Å². The first-order valence-electron chi connectivity index (χ1n) is 20.4. The Hall–Kier alpha value is -8.04. The van der Waals surface area contributed by atoms with Gasteiger partial charge in [0.25, 0.3) is 0 Å². The standard InChI is InChI=1S/3C18H12O3/c3*1-9-4-3-5-12-11(9)6-7-13-15(12)17(20)16(19)14-10(2)8-21-18(13)14/h3*3-8H,1-2H3. The molecular weight excluding hydrogens is 793 g/mol. The van der Waals surface area contributed by atoms with Crippen LogP contribution in [0, 0.1) is 41.5 Å². The summed E-state index contributed by atoms with van der Waals surface area (Å²) in [5.74, 6) is -1.23. The number of furan rings is 3. The van der Waals surface area contributed by atoms with Crippen LogP contribution in [0.2, 0.25) is 0 Å². The normalized spacial score (nSPS) is 13.4. The van der Waals surface area contributed by atoms with Crippen molar-refractivity contribution in [2.45, 2.75) is 41.5 Å². The van der Waals surface area contributed by atoms with Crippen LogP contribution in [0.5, 0.6) is 0 Å². The van der Waals surface area contributed by atoms with E-state index in [-0.39, 0.29) is 0 Å². The summed E-state index contributed by atoms with van der Waals surface area (Å²) < 4.78 is 16.6. The molecule has 0 radical (unpaired) electrons. The molecule has 306 valence electrons. The maximum atomic E-state index is 12.6. The average Bonchev–Trinajstić information content (AvgIpc) is 4.00. The van der Waals surface area contributed by atoms with Gasteiger partial charge in [-0.15, -0.1) is 0 Å². The summed E-state index contributed by atoms with van der Waals surface area (Å²) in [5.41, 5.74) is 10.1. The summed E-state index contributed by atoms with van der Waals surface area (Å²) in [5, 5.41) is 5.40. The van der Waals surface area contributed by atoms with Crippen LogP contribution in [0.4, 0.5) is 0 Å². The second kappa shape index (κ2) is 14.3. The zero-order valence-electron chi connectivity index (χ0n) is 35.1. The number of carbonyl (C=O) groups excluding carboxylic acids is 6. The van der Waals surface area contributed by atoms with Crippen molar-refractivity contribution < 1.29 is 42.0 Å². The summed E-state index contributed by atoms with van der Waals surface area (Å²) in [6.45, 7) is 11.3. The predicted octanol–water partition coefficient (Wildman–Crippen LogP) is 12.3. The van der Waals surface area contributed by atoms with Gasteiger partial charge in [-0.05, 0) is 125 Å². The van der Waals surface area contributed by atoms with Gasteiger partial charge < -0.3 is 13.3 Å². The molecule has 12 rings (SSSR count). The van der Waals surface area contributed by atoms with E-state index in [1.54, 1.807) is 20.8 Å². The van der Waals surface area contributed by atoms with Crippen molar-refractivity contribution in [2.75, 3.05) is 0 Å². The SMILES string of the molecule is Cc1coc2c1C(=O)C(=O)c1c-2ccc2c(C)cccc12.Cc1coc2c1C(=O)C(=O)c1c-2ccc2c(C)cccc12.Cc1coc2c1C(=O)C(=O)c1c-2ccc2c(C)cccc12. The van der Waals surface area contributed by atoms with Crippen LogP contribution in [0.1, 0.15) is 95.5 Å². The van der Waals surface area contributed by atoms with Crippen LogP contribution >= 0.6 is 0 Å². The number of carbonyl (C=O) groups is 6. The predicted molar refractivity (Wildman–Crippen MR) is 239 cm³/mol. The highest BCUT2D eigenvalue weighted by atomic mass is 16.3. The van der Waals surface area contributed by atoms with Gasteiger partial charge in [-0.25, -0.2) is 0 Å². The lowest BCUT2D eigenvalue weighted by Crippen LogP contribution is -2.21. The lowest BCUT2D eigenvalue weighted by Gasteiger charge is -2.16. The van der Waals surface area contributed by atoms with Gasteiger partial charge in [0.2, 0.25) is 34.7 Å². The molecule has 0 bridgehead atoms. The van der Waals surface area contributed by atoms with Gasteiger partial charge in [0, 0.05) is 33.4 Å². The summed E-state index contributed by atoms with van der Waals surface area (Å²) >= 11 is 0. The molecule has 0 atom stereocenters. The van der Waals surface area contributed by atoms with Gasteiger partial charge in [-0.1, -0.05) is 72.8 Å². The fourth-order valence-corrected chi connectivity index (χ4v) is 9.30. The minimum absolute atomic E-state index is 0.402. The number of ketones is 6. The Bertz CT molecular complexity index is 3210. The molecule has 0 spiro atoms. The molecule has 0 aliphatic heterocycles. The molecule has 3 aliphatic carbocycles. The lowest BCUT2D eigenvalue weighted by atomic mass is 9.84. The zero-order valence-corrected chi connectivity index (χ0v) is 35.1. The Labute approximate surface area is 359 Å². The van der Waals surface area contributed by atoms with Gasteiger partial charge >= 0.3 is 0 Å². The topological polar surface area (TPSA) is 142 Å². The Morgan fingerprint density at radius 1 is 0.270 bits per heavy atom. The van der Waals surface area contributed by atoms with E-state index in [9.17, 15) is 28.8 Å². The highest BCUT2D eigenvalue weighted by Gasteiger charge is 2.38. The molecule has 0 saturated carbocycles. The van der Waals surface area contributed by atoms with Crippen molar-refractivity contribution in [1.82, 2.24) is 0 Å². The van der Waals surface area contributed by atoms with Gasteiger partial charge in [0.05, 0.1) is 35.5 Å². The van der Waals surface area contributed by atoms with Crippen LogP contribution in [0.3, 0.4) is 0 Å². The Morgan fingerprint density at radius 3 is 0.794 bits per heavy atom. The number of rotatable bonds is 0. The number of hydrogen-bond acceptors (Lipinski definition) is 9. The number of hydrogen-bond donors (Lipinski definition) is 0. The first-order valence-corrected chi connectivity index (χ1v) is 20.4. The molecule has 3 heterocycles. The van der Waals surface area contributed by atoms with Crippen LogP contribution in [0.15, 0.2) is 123 Å². The van der Waals surface area contributed by atoms with E-state index in [2.05, 4.69) is 0 Å². The summed E-state index contributed by atoms with van der Waals surface area (Å²) in [6.07, 6.45) is 4.60. The molecule has 3 aliphatic rings. The minimum atomic E-state index is -0.474. The smallest absolute Gasteiger partial charge is 0.237 e. The monoisotopic (exact) mass is 828 g/mol. The maximum absolute atomic E-state index is 12.6. The largest absolute Gasteiger partial charge is 0.463 e. The first-order chi connectivity index (χ1) is 30.3. The van der Waals surface area contributed by atoms with Gasteiger partial charge in [-0.3, -0.25) is 28.8 Å². The van der Waals surface area contributed by atoms with E-state index < -0.39 is 34.7 Å². The van der Waals surface area contributed by atoms with Gasteiger partial charge in [-0.2, -0.15) is 0 Å². The molecule has 0 N–H and O–H groups in total. The fraction of sp³-hybridized carbons (Fsp3) is 0.111. The first kappa shape index (κ1) is 39.1. The van der Waals surface area contributed by atoms with Crippen LogP contribution in [-0.4, -0.2) is 34.7 Å². The van der Waals surface area contributed by atoms with E-state index in [0.717, 1.165) is 49.0 Å². The number of benzene rings is 6. The van der Waals surface area contributed by atoms with E-state index in [1.807, 2.05) is 112 Å². The third-order valence-corrected chi connectivity index (χ3v) is 12.5. The highest BCUT2D eigenvalue weighted by Crippen LogP contribution is 2.43. The lowest BCUT2D eigenvalue weighted by molar-refractivity contribution is 0.0815. The molecule has 63 heavy (non-hydrogen) atoms. The average molecular weight is 829 g/mol. The van der Waals surface area contributed by atoms with E-state index >= 15 is 0 Å². The molecule has 0 saturated heterocycles. The number of fused-ring (bicyclic) bond motifs is 15. The van der Waals surface area contributed by atoms with Crippen LogP contribution in [-0.2, 0) is 0 Å². The van der Waals surface area contributed by atoms with Crippen molar-refractivity contribution in [3.63, 3.8) is 0 Å². The third kappa shape index (κ3) is 5.69. The Balaban J connectivity index is 0.000000112. The fourth-order valence-electron chi connectivity index (χ4n) is 9.30. The third-order valence-electron chi connectivity index (χ3n) is 12.5. The van der Waals surface area contributed by atoms with Gasteiger partial charge in [0.15, 0.2) is 0 Å². The Morgan fingerprint density at radius 2 is 0.524 bits per heavy atom. The van der Waals surface area contributed by atoms with Crippen molar-refractivity contribution in [1.29, 1.82) is 0 Å². The molecule has 9 nitrogen and oxygen atoms in total. The van der Waals surface area contributed by atoms with Crippen LogP contribution < -0.4 is 0 Å². The Kier molecular flexibility index (Phi) is 8.86. The molecule has 0 amide bonds. The molecular formula is C54H36O9. The minimum Gasteiger partial charge on any atom is -0.463 e. The van der Waals surface area contributed by atoms with Crippen molar-refractivity contribution in [3.8, 4) is 34.0 Å². The number of aryl methyl sites for hydroxylation is 6.